The molecule has 74 valence electrons. The zero-order valence-corrected chi connectivity index (χ0v) is 8.14. The molecule has 0 heterocycles. The molecule has 0 aliphatic heterocycles. The number of hydrogen-bond acceptors (Lipinski definition) is 3. The number of rotatable bonds is 5. The normalized spacial score (nSPS) is 10.4. The summed E-state index contributed by atoms with van der Waals surface area (Å²) in [6.45, 7) is 1.96. The van der Waals surface area contributed by atoms with Crippen LogP contribution in [0.4, 0.5) is 0 Å². The van der Waals surface area contributed by atoms with Crippen molar-refractivity contribution in [3.05, 3.63) is 35.9 Å². The van der Waals surface area contributed by atoms with Crippen LogP contribution >= 0.6 is 0 Å². The lowest BCUT2D eigenvalue weighted by Crippen LogP contribution is -1.91. The number of carbonyl (C=O) groups is 1. The summed E-state index contributed by atoms with van der Waals surface area (Å²) < 4.78 is 0. The van der Waals surface area contributed by atoms with E-state index in [1.165, 1.54) is 13.1 Å². The molecule has 1 rings (SSSR count). The fraction of sp³-hybridized carbons (Fsp3) is 0.273. The molecule has 1 aromatic carbocycles. The largest absolute Gasteiger partial charge is 0.391 e. The number of Topliss-reactive ketones (excluding diaryl/α,β-unsaturated/α-hetero) is 1. The topological polar surface area (TPSA) is 38.7 Å². The number of carbonyl (C=O) groups excluding carboxylic acids is 1. The Morgan fingerprint density at radius 3 is 2.79 bits per heavy atom. The Kier molecular flexibility index (Phi) is 4.41. The molecule has 0 aliphatic rings. The van der Waals surface area contributed by atoms with E-state index in [-0.39, 0.29) is 5.78 Å². The van der Waals surface area contributed by atoms with Crippen LogP contribution in [-0.2, 0) is 16.2 Å². The molecule has 3 heteroatoms. The van der Waals surface area contributed by atoms with Gasteiger partial charge in [-0.1, -0.05) is 35.5 Å². The van der Waals surface area contributed by atoms with Crippen molar-refractivity contribution < 1.29 is 9.63 Å². The van der Waals surface area contributed by atoms with Crippen LogP contribution in [0.5, 0.6) is 0 Å². The molecule has 14 heavy (non-hydrogen) atoms. The smallest absolute Gasteiger partial charge is 0.142 e. The highest BCUT2D eigenvalue weighted by Crippen LogP contribution is 2.00. The minimum atomic E-state index is 0.0806. The number of ketones is 1. The predicted octanol–water partition coefficient (Wildman–Crippen LogP) is 2.17. The van der Waals surface area contributed by atoms with E-state index in [0.717, 1.165) is 5.56 Å². The SMILES string of the molecule is CC(=O)C/C=N/OCc1ccccc1. The monoisotopic (exact) mass is 191 g/mol. The Bertz CT molecular complexity index is 306. The Hall–Kier alpha value is -1.64. The van der Waals surface area contributed by atoms with Gasteiger partial charge in [0.1, 0.15) is 12.4 Å². The summed E-state index contributed by atoms with van der Waals surface area (Å²) in [5.74, 6) is 0.0806. The van der Waals surface area contributed by atoms with Crippen LogP contribution in [-0.4, -0.2) is 12.0 Å². The molecule has 0 N–H and O–H groups in total. The molecule has 1 aromatic rings. The van der Waals surface area contributed by atoms with Crippen LogP contribution in [0.3, 0.4) is 0 Å². The summed E-state index contributed by atoms with van der Waals surface area (Å²) in [5, 5.41) is 3.66. The molecule has 0 spiro atoms. The maximum atomic E-state index is 10.5. The van der Waals surface area contributed by atoms with Crippen LogP contribution in [0.25, 0.3) is 0 Å². The molecule has 3 nitrogen and oxygen atoms in total. The first kappa shape index (κ1) is 10.4. The molecule has 0 radical (unpaired) electrons. The minimum Gasteiger partial charge on any atom is -0.391 e. The van der Waals surface area contributed by atoms with Gasteiger partial charge < -0.3 is 4.84 Å². The highest BCUT2D eigenvalue weighted by molar-refractivity contribution is 5.89. The number of hydrogen-bond donors (Lipinski definition) is 0. The van der Waals surface area contributed by atoms with Gasteiger partial charge in [-0.25, -0.2) is 0 Å². The van der Waals surface area contributed by atoms with Crippen LogP contribution in [0, 0.1) is 0 Å². The third kappa shape index (κ3) is 4.40. The van der Waals surface area contributed by atoms with Gasteiger partial charge in [-0.15, -0.1) is 0 Å². The lowest BCUT2D eigenvalue weighted by Gasteiger charge is -1.97. The van der Waals surface area contributed by atoms with E-state index >= 15 is 0 Å². The van der Waals surface area contributed by atoms with Crippen LogP contribution in [0.15, 0.2) is 35.5 Å². The quantitative estimate of drug-likeness (QED) is 0.528. The molecule has 0 bridgehead atoms. The molecule has 0 saturated carbocycles. The summed E-state index contributed by atoms with van der Waals surface area (Å²) in [4.78, 5) is 15.5. The summed E-state index contributed by atoms with van der Waals surface area (Å²) in [7, 11) is 0. The zero-order chi connectivity index (χ0) is 10.2. The second-order valence-electron chi connectivity index (χ2n) is 2.95. The average Bonchev–Trinajstić information content (AvgIpc) is 2.18. The number of benzene rings is 1. The number of oxime groups is 1. The highest BCUT2D eigenvalue weighted by atomic mass is 16.6. The third-order valence-electron chi connectivity index (χ3n) is 1.60. The lowest BCUT2D eigenvalue weighted by atomic mass is 10.2. The molecule has 0 fully saturated rings. The van der Waals surface area contributed by atoms with E-state index < -0.39 is 0 Å². The molecular formula is C11H13NO2. The van der Waals surface area contributed by atoms with Crippen LogP contribution in [0.1, 0.15) is 18.9 Å². The minimum absolute atomic E-state index is 0.0806. The first-order valence-corrected chi connectivity index (χ1v) is 4.46. The van der Waals surface area contributed by atoms with Gasteiger partial charge >= 0.3 is 0 Å². The molecule has 0 aromatic heterocycles. The van der Waals surface area contributed by atoms with E-state index in [0.29, 0.717) is 13.0 Å². The molecule has 0 amide bonds. The van der Waals surface area contributed by atoms with Gasteiger partial charge in [0.2, 0.25) is 0 Å². The van der Waals surface area contributed by atoms with E-state index in [4.69, 9.17) is 4.84 Å². The van der Waals surface area contributed by atoms with Crippen molar-refractivity contribution in [2.45, 2.75) is 20.0 Å². The Morgan fingerprint density at radius 2 is 2.14 bits per heavy atom. The molecule has 0 saturated heterocycles. The summed E-state index contributed by atoms with van der Waals surface area (Å²) in [6, 6.07) is 9.75. The van der Waals surface area contributed by atoms with Crippen LogP contribution in [0.2, 0.25) is 0 Å². The van der Waals surface area contributed by atoms with Gasteiger partial charge in [0.15, 0.2) is 0 Å². The lowest BCUT2D eigenvalue weighted by molar-refractivity contribution is -0.115. The van der Waals surface area contributed by atoms with E-state index in [9.17, 15) is 4.79 Å². The van der Waals surface area contributed by atoms with Gasteiger partial charge in [0, 0.05) is 6.42 Å². The van der Waals surface area contributed by atoms with Gasteiger partial charge in [-0.2, -0.15) is 0 Å². The second kappa shape index (κ2) is 5.91. The Morgan fingerprint density at radius 1 is 1.43 bits per heavy atom. The van der Waals surface area contributed by atoms with E-state index in [2.05, 4.69) is 5.16 Å². The first-order valence-electron chi connectivity index (χ1n) is 4.46. The number of nitrogens with zero attached hydrogens (tertiary/aromatic N) is 1. The standard InChI is InChI=1S/C11H13NO2/c1-10(13)7-8-12-14-9-11-5-3-2-4-6-11/h2-6,8H,7,9H2,1H3/b12-8+. The fourth-order valence-corrected chi connectivity index (χ4v) is 0.905. The van der Waals surface area contributed by atoms with Crippen molar-refractivity contribution in [2.75, 3.05) is 0 Å². The molecular weight excluding hydrogens is 178 g/mol. The maximum Gasteiger partial charge on any atom is 0.142 e. The van der Waals surface area contributed by atoms with Crippen molar-refractivity contribution in [3.8, 4) is 0 Å². The van der Waals surface area contributed by atoms with Crippen molar-refractivity contribution in [1.29, 1.82) is 0 Å². The molecule has 0 aliphatic carbocycles. The zero-order valence-electron chi connectivity index (χ0n) is 8.14. The third-order valence-corrected chi connectivity index (χ3v) is 1.60. The van der Waals surface area contributed by atoms with Gasteiger partial charge in [-0.3, -0.25) is 4.79 Å². The summed E-state index contributed by atoms with van der Waals surface area (Å²) in [6.07, 6.45) is 1.81. The molecule has 0 unspecified atom stereocenters. The van der Waals surface area contributed by atoms with Gasteiger partial charge in [0.05, 0.1) is 6.21 Å². The Balaban J connectivity index is 2.22. The van der Waals surface area contributed by atoms with Crippen molar-refractivity contribution in [2.24, 2.45) is 5.16 Å². The van der Waals surface area contributed by atoms with Gasteiger partial charge in [0.25, 0.3) is 0 Å². The van der Waals surface area contributed by atoms with E-state index in [1.807, 2.05) is 30.3 Å². The first-order chi connectivity index (χ1) is 6.79. The molecule has 0 atom stereocenters. The van der Waals surface area contributed by atoms with Crippen molar-refractivity contribution in [1.82, 2.24) is 0 Å². The fourth-order valence-electron chi connectivity index (χ4n) is 0.905. The summed E-state index contributed by atoms with van der Waals surface area (Å²) >= 11 is 0. The second-order valence-corrected chi connectivity index (χ2v) is 2.95. The maximum absolute atomic E-state index is 10.5. The Labute approximate surface area is 83.4 Å². The van der Waals surface area contributed by atoms with Crippen LogP contribution < -0.4 is 0 Å². The summed E-state index contributed by atoms with van der Waals surface area (Å²) in [5.41, 5.74) is 1.06. The van der Waals surface area contributed by atoms with Gasteiger partial charge in [-0.05, 0) is 12.5 Å². The predicted molar refractivity (Wildman–Crippen MR) is 55.0 cm³/mol. The van der Waals surface area contributed by atoms with Crippen molar-refractivity contribution >= 4 is 12.0 Å². The van der Waals surface area contributed by atoms with Crippen molar-refractivity contribution in [3.63, 3.8) is 0 Å². The highest BCUT2D eigenvalue weighted by Gasteiger charge is 1.90. The average molecular weight is 191 g/mol. The van der Waals surface area contributed by atoms with E-state index in [1.54, 1.807) is 0 Å².